The molecule has 34 heavy (non-hydrogen) atoms. The number of hydrogen-bond donors (Lipinski definition) is 1. The Hall–Kier alpha value is -3.17. The van der Waals surface area contributed by atoms with E-state index in [-0.39, 0.29) is 30.4 Å². The van der Waals surface area contributed by atoms with Crippen LogP contribution in [0.1, 0.15) is 23.1 Å². The maximum Gasteiger partial charge on any atom is 0.241 e. The fourth-order valence-corrected chi connectivity index (χ4v) is 5.69. The Labute approximate surface area is 196 Å². The van der Waals surface area contributed by atoms with Crippen LogP contribution in [0.2, 0.25) is 0 Å². The second-order valence-electron chi connectivity index (χ2n) is 8.91. The van der Waals surface area contributed by atoms with Crippen molar-refractivity contribution < 1.29 is 22.0 Å². The van der Waals surface area contributed by atoms with Gasteiger partial charge in [-0.15, -0.1) is 0 Å². The van der Waals surface area contributed by atoms with E-state index in [2.05, 4.69) is 17.1 Å². The number of aromatic nitrogens is 1. The SMILES string of the molecule is NS(=O)(=O)c1cc2c(cc1F)C[C@H](CF)N2C(=O)C[C@@H]1Cc2ccc(-c3ccccn3)cc2C1. The monoisotopic (exact) mass is 483 g/mol. The van der Waals surface area contributed by atoms with Crippen molar-refractivity contribution in [3.63, 3.8) is 0 Å². The first-order valence-corrected chi connectivity index (χ1v) is 12.6. The average Bonchev–Trinajstić information content (AvgIpc) is 3.37. The highest BCUT2D eigenvalue weighted by Gasteiger charge is 2.37. The molecular formula is C25H23F2N3O3S. The van der Waals surface area contributed by atoms with Gasteiger partial charge in [0.15, 0.2) is 0 Å². The smallest absolute Gasteiger partial charge is 0.241 e. The number of nitrogens with two attached hydrogens (primary N) is 1. The van der Waals surface area contributed by atoms with Crippen molar-refractivity contribution in [2.45, 2.75) is 36.6 Å². The maximum absolute atomic E-state index is 14.3. The van der Waals surface area contributed by atoms with Gasteiger partial charge in [0.05, 0.1) is 11.7 Å². The molecule has 2 heterocycles. The van der Waals surface area contributed by atoms with Gasteiger partial charge in [-0.05, 0) is 72.2 Å². The Morgan fingerprint density at radius 2 is 1.85 bits per heavy atom. The summed E-state index contributed by atoms with van der Waals surface area (Å²) >= 11 is 0. The molecule has 2 aromatic carbocycles. The van der Waals surface area contributed by atoms with Gasteiger partial charge in [0.1, 0.15) is 17.4 Å². The lowest BCUT2D eigenvalue weighted by atomic mass is 10.0. The van der Waals surface area contributed by atoms with Crippen LogP contribution in [0, 0.1) is 11.7 Å². The number of amides is 1. The van der Waals surface area contributed by atoms with Crippen LogP contribution in [0.5, 0.6) is 0 Å². The predicted octanol–water partition coefficient (Wildman–Crippen LogP) is 3.57. The van der Waals surface area contributed by atoms with E-state index in [0.29, 0.717) is 12.0 Å². The highest BCUT2D eigenvalue weighted by Crippen LogP contribution is 2.38. The second-order valence-corrected chi connectivity index (χ2v) is 10.4. The summed E-state index contributed by atoms with van der Waals surface area (Å²) in [5.74, 6) is -1.27. The van der Waals surface area contributed by atoms with Crippen molar-refractivity contribution in [1.82, 2.24) is 4.98 Å². The highest BCUT2D eigenvalue weighted by molar-refractivity contribution is 7.89. The number of fused-ring (bicyclic) bond motifs is 2. The molecule has 9 heteroatoms. The minimum absolute atomic E-state index is 0.0314. The molecule has 1 aromatic heterocycles. The van der Waals surface area contributed by atoms with Crippen molar-refractivity contribution >= 4 is 21.6 Å². The minimum Gasteiger partial charge on any atom is -0.306 e. The number of nitrogens with zero attached hydrogens (tertiary/aromatic N) is 2. The normalized spacial score (nSPS) is 19.2. The Balaban J connectivity index is 1.37. The number of pyridine rings is 1. The van der Waals surface area contributed by atoms with E-state index >= 15 is 0 Å². The molecule has 0 fully saturated rings. The molecule has 0 bridgehead atoms. The molecule has 2 N–H and O–H groups in total. The zero-order valence-electron chi connectivity index (χ0n) is 18.2. The second kappa shape index (κ2) is 8.56. The summed E-state index contributed by atoms with van der Waals surface area (Å²) in [4.78, 5) is 18.3. The van der Waals surface area contributed by atoms with Gasteiger partial charge in [-0.2, -0.15) is 0 Å². The van der Waals surface area contributed by atoms with Crippen LogP contribution < -0.4 is 10.0 Å². The van der Waals surface area contributed by atoms with Crippen LogP contribution in [0.15, 0.2) is 59.6 Å². The first kappa shape index (κ1) is 22.6. The lowest BCUT2D eigenvalue weighted by Crippen LogP contribution is -2.40. The largest absolute Gasteiger partial charge is 0.306 e. The van der Waals surface area contributed by atoms with Gasteiger partial charge in [-0.1, -0.05) is 18.2 Å². The van der Waals surface area contributed by atoms with Crippen LogP contribution in [0.3, 0.4) is 0 Å². The third kappa shape index (κ3) is 4.10. The number of anilines is 1. The molecule has 0 spiro atoms. The molecule has 0 unspecified atom stereocenters. The number of hydrogen-bond acceptors (Lipinski definition) is 4. The Morgan fingerprint density at radius 1 is 1.06 bits per heavy atom. The van der Waals surface area contributed by atoms with Gasteiger partial charge >= 0.3 is 0 Å². The van der Waals surface area contributed by atoms with Crippen LogP contribution in [-0.2, 0) is 34.1 Å². The standard InChI is InChI=1S/C25H23F2N3O3S/c26-14-20-11-19-12-21(27)24(34(28,32)33)13-23(19)30(20)25(31)9-15-7-16-4-5-17(10-18(16)8-15)22-3-1-2-6-29-22/h1-6,10,12-13,15,20H,7-9,11,14H2,(H2,28,32,33)/t15-,20-/m1/s1. The predicted molar refractivity (Wildman–Crippen MR) is 124 cm³/mol. The van der Waals surface area contributed by atoms with Gasteiger partial charge in [0.25, 0.3) is 0 Å². The van der Waals surface area contributed by atoms with Crippen LogP contribution in [0.25, 0.3) is 11.3 Å². The topological polar surface area (TPSA) is 93.4 Å². The van der Waals surface area contributed by atoms with Gasteiger partial charge in [0.2, 0.25) is 15.9 Å². The molecule has 2 atom stereocenters. The van der Waals surface area contributed by atoms with Crippen LogP contribution in [-0.4, -0.2) is 32.0 Å². The number of benzene rings is 2. The summed E-state index contributed by atoms with van der Waals surface area (Å²) in [7, 11) is -4.33. The summed E-state index contributed by atoms with van der Waals surface area (Å²) < 4.78 is 51.6. The molecule has 1 aliphatic carbocycles. The zero-order chi connectivity index (χ0) is 24.0. The van der Waals surface area contributed by atoms with Crippen molar-refractivity contribution in [1.29, 1.82) is 0 Å². The molecule has 3 aromatic rings. The number of alkyl halides is 1. The zero-order valence-corrected chi connectivity index (χ0v) is 19.1. The number of sulfonamides is 1. The first-order valence-electron chi connectivity index (χ1n) is 11.0. The van der Waals surface area contributed by atoms with Crippen molar-refractivity contribution in [2.24, 2.45) is 11.1 Å². The van der Waals surface area contributed by atoms with Crippen molar-refractivity contribution in [3.8, 4) is 11.3 Å². The van der Waals surface area contributed by atoms with E-state index in [1.54, 1.807) is 6.20 Å². The molecule has 1 aliphatic heterocycles. The van der Waals surface area contributed by atoms with Gasteiger partial charge < -0.3 is 4.90 Å². The van der Waals surface area contributed by atoms with Crippen molar-refractivity contribution in [2.75, 3.05) is 11.6 Å². The Morgan fingerprint density at radius 3 is 2.56 bits per heavy atom. The average molecular weight is 484 g/mol. The maximum atomic E-state index is 14.3. The first-order chi connectivity index (χ1) is 16.2. The Kier molecular flexibility index (Phi) is 5.69. The molecular weight excluding hydrogens is 460 g/mol. The van der Waals surface area contributed by atoms with Crippen LogP contribution in [0.4, 0.5) is 14.5 Å². The quantitative estimate of drug-likeness (QED) is 0.601. The fourth-order valence-electron chi connectivity index (χ4n) is 5.08. The van der Waals surface area contributed by atoms with Gasteiger partial charge in [-0.25, -0.2) is 22.3 Å². The molecule has 0 radical (unpaired) electrons. The number of halogens is 2. The molecule has 5 rings (SSSR count). The fraction of sp³-hybridized carbons (Fsp3) is 0.280. The lowest BCUT2D eigenvalue weighted by Gasteiger charge is -2.25. The van der Waals surface area contributed by atoms with E-state index in [4.69, 9.17) is 5.14 Å². The highest BCUT2D eigenvalue weighted by atomic mass is 32.2. The molecule has 0 saturated heterocycles. The summed E-state index contributed by atoms with van der Waals surface area (Å²) in [5, 5.41) is 5.13. The summed E-state index contributed by atoms with van der Waals surface area (Å²) in [6.07, 6.45) is 3.46. The molecule has 6 nitrogen and oxygen atoms in total. The van der Waals surface area contributed by atoms with E-state index in [1.807, 2.05) is 24.3 Å². The molecule has 2 aliphatic rings. The summed E-state index contributed by atoms with van der Waals surface area (Å²) in [5.41, 5.74) is 4.82. The lowest BCUT2D eigenvalue weighted by molar-refractivity contribution is -0.119. The molecule has 176 valence electrons. The van der Waals surface area contributed by atoms with E-state index in [0.717, 1.165) is 35.4 Å². The molecule has 0 saturated carbocycles. The van der Waals surface area contributed by atoms with E-state index in [9.17, 15) is 22.0 Å². The minimum atomic E-state index is -4.33. The summed E-state index contributed by atoms with van der Waals surface area (Å²) in [6, 6.07) is 13.2. The third-order valence-corrected chi connectivity index (χ3v) is 7.54. The number of rotatable bonds is 5. The number of primary sulfonamides is 1. The van der Waals surface area contributed by atoms with Gasteiger partial charge in [0, 0.05) is 23.9 Å². The summed E-state index contributed by atoms with van der Waals surface area (Å²) in [6.45, 7) is -0.814. The third-order valence-electron chi connectivity index (χ3n) is 6.61. The molecule has 1 amide bonds. The van der Waals surface area contributed by atoms with Crippen molar-refractivity contribution in [3.05, 3.63) is 77.2 Å². The van der Waals surface area contributed by atoms with E-state index in [1.165, 1.54) is 10.5 Å². The number of carbonyl (C=O) groups excluding carboxylic acids is 1. The van der Waals surface area contributed by atoms with E-state index < -0.39 is 33.5 Å². The van der Waals surface area contributed by atoms with Gasteiger partial charge in [-0.3, -0.25) is 9.78 Å². The van der Waals surface area contributed by atoms with Crippen LogP contribution >= 0.6 is 0 Å². The number of carbonyl (C=O) groups is 1. The Bertz CT molecular complexity index is 1380.